The average Bonchev–Trinajstić information content (AvgIpc) is 2.39. The van der Waals surface area contributed by atoms with Crippen LogP contribution < -0.4 is 5.32 Å². The molecule has 3 nitrogen and oxygen atoms in total. The van der Waals surface area contributed by atoms with Crippen LogP contribution in [0.3, 0.4) is 0 Å². The summed E-state index contributed by atoms with van der Waals surface area (Å²) in [6.45, 7) is 1.96. The third kappa shape index (κ3) is 3.08. The maximum Gasteiger partial charge on any atom is 0.416 e. The first kappa shape index (κ1) is 14.3. The number of ether oxygens (including phenoxy) is 2. The highest BCUT2D eigenvalue weighted by molar-refractivity contribution is 5.30. The molecule has 106 valence electrons. The predicted molar refractivity (Wildman–Crippen MR) is 63.8 cm³/mol. The molecule has 1 aromatic rings. The Bertz CT molecular complexity index is 405. The fourth-order valence-electron chi connectivity index (χ4n) is 2.25. The van der Waals surface area contributed by atoms with E-state index in [0.29, 0.717) is 26.4 Å². The molecule has 0 radical (unpaired) electrons. The number of benzene rings is 1. The molecule has 1 atom stereocenters. The second kappa shape index (κ2) is 5.48. The molecule has 1 aliphatic heterocycles. The van der Waals surface area contributed by atoms with E-state index in [1.54, 1.807) is 7.11 Å². The van der Waals surface area contributed by atoms with Crippen molar-refractivity contribution < 1.29 is 22.6 Å². The molecule has 0 aliphatic carbocycles. The van der Waals surface area contributed by atoms with Crippen molar-refractivity contribution in [1.82, 2.24) is 5.32 Å². The Labute approximate surface area is 109 Å². The Morgan fingerprint density at radius 2 is 2.00 bits per heavy atom. The molecule has 1 N–H and O–H groups in total. The summed E-state index contributed by atoms with van der Waals surface area (Å²) in [4.78, 5) is 0. The number of alkyl halides is 3. The van der Waals surface area contributed by atoms with Gasteiger partial charge in [-0.3, -0.25) is 0 Å². The second-order valence-electron chi connectivity index (χ2n) is 4.57. The molecule has 1 aromatic carbocycles. The van der Waals surface area contributed by atoms with E-state index in [1.165, 1.54) is 12.1 Å². The number of halogens is 3. The zero-order valence-electron chi connectivity index (χ0n) is 10.6. The van der Waals surface area contributed by atoms with Crippen molar-refractivity contribution in [3.8, 4) is 0 Å². The molecule has 0 amide bonds. The van der Waals surface area contributed by atoms with Crippen LogP contribution in [0.15, 0.2) is 24.3 Å². The number of rotatable bonds is 3. The molecule has 1 heterocycles. The lowest BCUT2D eigenvalue weighted by Gasteiger charge is -2.38. The smallest absolute Gasteiger partial charge is 0.382 e. The summed E-state index contributed by atoms with van der Waals surface area (Å²) in [6, 6.07) is 5.12. The fourth-order valence-corrected chi connectivity index (χ4v) is 2.25. The molecule has 1 aliphatic rings. The van der Waals surface area contributed by atoms with Gasteiger partial charge in [-0.05, 0) is 17.7 Å². The van der Waals surface area contributed by atoms with Gasteiger partial charge in [-0.1, -0.05) is 12.1 Å². The summed E-state index contributed by atoms with van der Waals surface area (Å²) in [5.41, 5.74) is -0.487. The van der Waals surface area contributed by atoms with Gasteiger partial charge >= 0.3 is 6.18 Å². The third-order valence-corrected chi connectivity index (χ3v) is 3.21. The van der Waals surface area contributed by atoms with Gasteiger partial charge in [-0.25, -0.2) is 0 Å². The minimum Gasteiger partial charge on any atom is -0.382 e. The van der Waals surface area contributed by atoms with E-state index in [-0.39, 0.29) is 0 Å². The highest BCUT2D eigenvalue weighted by Crippen LogP contribution is 2.31. The van der Waals surface area contributed by atoms with Crippen LogP contribution in [-0.2, 0) is 21.2 Å². The minimum atomic E-state index is -4.32. The van der Waals surface area contributed by atoms with Gasteiger partial charge in [0.2, 0.25) is 0 Å². The molecule has 1 saturated heterocycles. The summed E-state index contributed by atoms with van der Waals surface area (Å²) >= 11 is 0. The zero-order valence-corrected chi connectivity index (χ0v) is 10.6. The van der Waals surface area contributed by atoms with E-state index in [1.807, 2.05) is 0 Å². The van der Waals surface area contributed by atoms with Gasteiger partial charge in [0.05, 0.1) is 30.9 Å². The topological polar surface area (TPSA) is 30.5 Å². The van der Waals surface area contributed by atoms with Crippen LogP contribution in [0.2, 0.25) is 0 Å². The maximum atomic E-state index is 12.5. The van der Waals surface area contributed by atoms with Crippen molar-refractivity contribution in [3.05, 3.63) is 35.4 Å². The van der Waals surface area contributed by atoms with Gasteiger partial charge in [0.25, 0.3) is 0 Å². The number of hydrogen-bond donors (Lipinski definition) is 1. The SMILES string of the molecule is COCC1(c2ccc(C(F)(F)F)cc2)COCCN1. The van der Waals surface area contributed by atoms with Crippen molar-refractivity contribution in [1.29, 1.82) is 0 Å². The zero-order chi connectivity index (χ0) is 13.9. The molecule has 0 spiro atoms. The first-order valence-corrected chi connectivity index (χ1v) is 5.97. The van der Waals surface area contributed by atoms with E-state index < -0.39 is 17.3 Å². The Morgan fingerprint density at radius 3 is 2.47 bits per heavy atom. The van der Waals surface area contributed by atoms with Crippen molar-refractivity contribution >= 4 is 0 Å². The molecular weight excluding hydrogens is 259 g/mol. The molecule has 2 rings (SSSR count). The molecule has 0 aromatic heterocycles. The van der Waals surface area contributed by atoms with Crippen molar-refractivity contribution in [2.24, 2.45) is 0 Å². The Kier molecular flexibility index (Phi) is 4.13. The Morgan fingerprint density at radius 1 is 1.32 bits per heavy atom. The monoisotopic (exact) mass is 275 g/mol. The number of methoxy groups -OCH3 is 1. The quantitative estimate of drug-likeness (QED) is 0.917. The van der Waals surface area contributed by atoms with Gasteiger partial charge in [0.1, 0.15) is 0 Å². The lowest BCUT2D eigenvalue weighted by molar-refractivity contribution is -0.137. The molecule has 6 heteroatoms. The largest absolute Gasteiger partial charge is 0.416 e. The van der Waals surface area contributed by atoms with Gasteiger partial charge in [-0.2, -0.15) is 13.2 Å². The molecule has 0 bridgehead atoms. The Balaban J connectivity index is 2.27. The predicted octanol–water partition coefficient (Wildman–Crippen LogP) is 2.17. The van der Waals surface area contributed by atoms with E-state index >= 15 is 0 Å². The average molecular weight is 275 g/mol. The van der Waals surface area contributed by atoms with Crippen LogP contribution >= 0.6 is 0 Å². The van der Waals surface area contributed by atoms with Crippen LogP contribution in [0, 0.1) is 0 Å². The van der Waals surface area contributed by atoms with E-state index in [4.69, 9.17) is 9.47 Å². The molecular formula is C13H16F3NO2. The second-order valence-corrected chi connectivity index (χ2v) is 4.57. The van der Waals surface area contributed by atoms with Crippen LogP contribution in [0.5, 0.6) is 0 Å². The van der Waals surface area contributed by atoms with Crippen LogP contribution in [0.25, 0.3) is 0 Å². The third-order valence-electron chi connectivity index (χ3n) is 3.21. The number of hydrogen-bond acceptors (Lipinski definition) is 3. The summed E-state index contributed by atoms with van der Waals surface area (Å²) in [7, 11) is 1.56. The normalized spacial score (nSPS) is 24.4. The van der Waals surface area contributed by atoms with Crippen LogP contribution in [-0.4, -0.2) is 33.5 Å². The van der Waals surface area contributed by atoms with Gasteiger partial charge in [0, 0.05) is 13.7 Å². The number of morpholine rings is 1. The molecule has 1 fully saturated rings. The highest BCUT2D eigenvalue weighted by Gasteiger charge is 2.36. The molecule has 1 unspecified atom stereocenters. The van der Waals surface area contributed by atoms with Gasteiger partial charge in [0.15, 0.2) is 0 Å². The first-order valence-electron chi connectivity index (χ1n) is 5.97. The highest BCUT2D eigenvalue weighted by atomic mass is 19.4. The molecule has 0 saturated carbocycles. The molecule has 19 heavy (non-hydrogen) atoms. The van der Waals surface area contributed by atoms with E-state index in [0.717, 1.165) is 17.7 Å². The van der Waals surface area contributed by atoms with Gasteiger partial charge < -0.3 is 14.8 Å². The Hall–Kier alpha value is -1.11. The van der Waals surface area contributed by atoms with Gasteiger partial charge in [-0.15, -0.1) is 0 Å². The van der Waals surface area contributed by atoms with E-state index in [9.17, 15) is 13.2 Å². The summed E-state index contributed by atoms with van der Waals surface area (Å²) < 4.78 is 48.2. The van der Waals surface area contributed by atoms with Crippen molar-refractivity contribution in [2.45, 2.75) is 11.7 Å². The van der Waals surface area contributed by atoms with E-state index in [2.05, 4.69) is 5.32 Å². The summed E-state index contributed by atoms with van der Waals surface area (Å²) in [5.74, 6) is 0. The summed E-state index contributed by atoms with van der Waals surface area (Å²) in [5, 5.41) is 3.28. The maximum absolute atomic E-state index is 12.5. The first-order chi connectivity index (χ1) is 8.98. The van der Waals surface area contributed by atoms with Crippen molar-refractivity contribution in [3.63, 3.8) is 0 Å². The van der Waals surface area contributed by atoms with Crippen LogP contribution in [0.4, 0.5) is 13.2 Å². The lowest BCUT2D eigenvalue weighted by atomic mass is 9.90. The minimum absolute atomic E-state index is 0.346. The standard InChI is InChI=1S/C13H16F3NO2/c1-18-8-12(9-19-7-6-17-12)10-2-4-11(5-3-10)13(14,15)16/h2-5,17H,6-9H2,1H3. The number of nitrogens with one attached hydrogen (secondary N) is 1. The van der Waals surface area contributed by atoms with Crippen LogP contribution in [0.1, 0.15) is 11.1 Å². The summed E-state index contributed by atoms with van der Waals surface area (Å²) in [6.07, 6.45) is -4.32. The lowest BCUT2D eigenvalue weighted by Crippen LogP contribution is -2.54. The fraction of sp³-hybridized carbons (Fsp3) is 0.538. The van der Waals surface area contributed by atoms with Crippen molar-refractivity contribution in [2.75, 3.05) is 33.5 Å².